The Morgan fingerprint density at radius 1 is 1.17 bits per heavy atom. The van der Waals surface area contributed by atoms with Crippen LogP contribution in [-0.2, 0) is 10.0 Å². The number of fused-ring (bicyclic) bond motifs is 1. The lowest BCUT2D eigenvalue weighted by Gasteiger charge is -2.08. The topological polar surface area (TPSA) is 108 Å². The molecule has 1 amide bonds. The van der Waals surface area contributed by atoms with Gasteiger partial charge in [-0.1, -0.05) is 6.08 Å². The molecule has 7 nitrogen and oxygen atoms in total. The quantitative estimate of drug-likeness (QED) is 0.534. The molecular weight excluding hydrogens is 404 g/mol. The first-order valence-electron chi connectivity index (χ1n) is 8.25. The Kier molecular flexibility index (Phi) is 5.57. The Labute approximate surface area is 164 Å². The maximum absolute atomic E-state index is 14.0. The van der Waals surface area contributed by atoms with Gasteiger partial charge >= 0.3 is 0 Å². The van der Waals surface area contributed by atoms with Crippen LogP contribution in [0.15, 0.2) is 64.9 Å². The first kappa shape index (κ1) is 20.4. The van der Waals surface area contributed by atoms with Gasteiger partial charge in [0, 0.05) is 24.5 Å². The van der Waals surface area contributed by atoms with E-state index in [9.17, 15) is 26.8 Å². The fourth-order valence-corrected chi connectivity index (χ4v) is 3.60. The van der Waals surface area contributed by atoms with Gasteiger partial charge in [-0.15, -0.1) is 6.58 Å². The largest absolute Gasteiger partial charge is 0.360 e. The Bertz CT molecular complexity index is 1270. The molecule has 10 heteroatoms. The van der Waals surface area contributed by atoms with Crippen molar-refractivity contribution in [2.75, 3.05) is 11.9 Å². The molecule has 3 rings (SSSR count). The van der Waals surface area contributed by atoms with E-state index in [1.807, 2.05) is 0 Å². The number of halogens is 2. The van der Waals surface area contributed by atoms with Crippen molar-refractivity contribution in [1.29, 1.82) is 0 Å². The third-order valence-corrected chi connectivity index (χ3v) is 5.42. The number of anilines is 1. The molecule has 0 spiro atoms. The molecule has 0 atom stereocenters. The van der Waals surface area contributed by atoms with Crippen molar-refractivity contribution >= 4 is 32.5 Å². The van der Waals surface area contributed by atoms with E-state index in [1.165, 1.54) is 30.3 Å². The van der Waals surface area contributed by atoms with Crippen molar-refractivity contribution in [3.05, 3.63) is 82.7 Å². The van der Waals surface area contributed by atoms with Crippen LogP contribution in [0.25, 0.3) is 10.9 Å². The summed E-state index contributed by atoms with van der Waals surface area (Å²) >= 11 is 0. The summed E-state index contributed by atoms with van der Waals surface area (Å²) in [4.78, 5) is 27.3. The summed E-state index contributed by atoms with van der Waals surface area (Å²) in [6.45, 7) is 3.49. The molecule has 0 aliphatic carbocycles. The molecule has 1 aromatic heterocycles. The highest BCUT2D eigenvalue weighted by atomic mass is 32.2. The van der Waals surface area contributed by atoms with Crippen LogP contribution in [0.2, 0.25) is 0 Å². The highest BCUT2D eigenvalue weighted by Crippen LogP contribution is 2.17. The first-order chi connectivity index (χ1) is 13.7. The van der Waals surface area contributed by atoms with E-state index in [0.717, 1.165) is 12.3 Å². The first-order valence-corrected chi connectivity index (χ1v) is 9.73. The van der Waals surface area contributed by atoms with Gasteiger partial charge in [-0.3, -0.25) is 9.59 Å². The number of amides is 1. The van der Waals surface area contributed by atoms with Crippen LogP contribution >= 0.6 is 0 Å². The smallest absolute Gasteiger partial charge is 0.261 e. The molecule has 29 heavy (non-hydrogen) atoms. The lowest BCUT2D eigenvalue weighted by molar-refractivity contribution is 0.102. The molecular formula is C19H15F2N3O4S. The highest BCUT2D eigenvalue weighted by Gasteiger charge is 2.17. The van der Waals surface area contributed by atoms with E-state index in [0.29, 0.717) is 6.07 Å². The van der Waals surface area contributed by atoms with Gasteiger partial charge in [0.1, 0.15) is 17.2 Å². The second-order valence-corrected chi connectivity index (χ2v) is 7.73. The van der Waals surface area contributed by atoms with Crippen LogP contribution in [0, 0.1) is 11.6 Å². The van der Waals surface area contributed by atoms with Crippen molar-refractivity contribution in [3.63, 3.8) is 0 Å². The number of H-pyrrole nitrogens is 1. The van der Waals surface area contributed by atoms with E-state index < -0.39 is 38.4 Å². The summed E-state index contributed by atoms with van der Waals surface area (Å²) < 4.78 is 53.6. The van der Waals surface area contributed by atoms with Crippen LogP contribution < -0.4 is 15.5 Å². The zero-order chi connectivity index (χ0) is 21.2. The second kappa shape index (κ2) is 7.94. The van der Waals surface area contributed by atoms with Gasteiger partial charge in [-0.2, -0.15) is 0 Å². The van der Waals surface area contributed by atoms with Crippen LogP contribution in [0.1, 0.15) is 10.4 Å². The maximum atomic E-state index is 14.0. The van der Waals surface area contributed by atoms with Crippen molar-refractivity contribution in [3.8, 4) is 0 Å². The lowest BCUT2D eigenvalue weighted by atomic mass is 10.1. The van der Waals surface area contributed by atoms with Gasteiger partial charge in [0.05, 0.1) is 15.8 Å². The summed E-state index contributed by atoms with van der Waals surface area (Å²) in [6, 6.07) is 6.72. The van der Waals surface area contributed by atoms with Gasteiger partial charge in [0.15, 0.2) is 0 Å². The average Bonchev–Trinajstić information content (AvgIpc) is 2.66. The minimum atomic E-state index is -3.72. The number of carbonyl (C=O) groups excluding carboxylic acids is 1. The molecule has 0 saturated heterocycles. The number of rotatable bonds is 6. The van der Waals surface area contributed by atoms with E-state index >= 15 is 0 Å². The molecule has 0 aliphatic rings. The minimum Gasteiger partial charge on any atom is -0.360 e. The number of hydrogen-bond donors (Lipinski definition) is 3. The highest BCUT2D eigenvalue weighted by molar-refractivity contribution is 7.89. The number of carbonyl (C=O) groups is 1. The molecule has 150 valence electrons. The zero-order valence-electron chi connectivity index (χ0n) is 14.8. The van der Waals surface area contributed by atoms with Crippen molar-refractivity contribution in [2.45, 2.75) is 4.90 Å². The monoisotopic (exact) mass is 419 g/mol. The number of sulfonamides is 1. The molecule has 1 heterocycles. The van der Waals surface area contributed by atoms with Crippen LogP contribution in [0.3, 0.4) is 0 Å². The van der Waals surface area contributed by atoms with Crippen LogP contribution in [0.5, 0.6) is 0 Å². The number of aromatic amines is 1. The molecule has 2 aromatic carbocycles. The molecule has 3 aromatic rings. The van der Waals surface area contributed by atoms with E-state index in [-0.39, 0.29) is 28.2 Å². The van der Waals surface area contributed by atoms with Gasteiger partial charge in [0.25, 0.3) is 5.91 Å². The van der Waals surface area contributed by atoms with Gasteiger partial charge in [-0.25, -0.2) is 21.9 Å². The van der Waals surface area contributed by atoms with Crippen molar-refractivity contribution in [2.24, 2.45) is 0 Å². The number of aromatic nitrogens is 1. The van der Waals surface area contributed by atoms with Crippen LogP contribution in [-0.4, -0.2) is 25.9 Å². The number of benzene rings is 2. The fraction of sp³-hybridized carbons (Fsp3) is 0.0526. The molecule has 0 fully saturated rings. The maximum Gasteiger partial charge on any atom is 0.261 e. The zero-order valence-corrected chi connectivity index (χ0v) is 15.6. The molecule has 0 unspecified atom stereocenters. The van der Waals surface area contributed by atoms with Crippen LogP contribution in [0.4, 0.5) is 14.5 Å². The van der Waals surface area contributed by atoms with E-state index in [4.69, 9.17) is 0 Å². The Morgan fingerprint density at radius 2 is 1.86 bits per heavy atom. The minimum absolute atomic E-state index is 0.0231. The molecule has 0 saturated carbocycles. The summed E-state index contributed by atoms with van der Waals surface area (Å²) in [5.41, 5.74) is -1.14. The summed E-state index contributed by atoms with van der Waals surface area (Å²) in [7, 11) is -3.72. The number of hydrogen-bond acceptors (Lipinski definition) is 4. The lowest BCUT2D eigenvalue weighted by Crippen LogP contribution is -2.24. The Morgan fingerprint density at radius 3 is 2.52 bits per heavy atom. The third-order valence-electron chi connectivity index (χ3n) is 3.98. The van der Waals surface area contributed by atoms with E-state index in [2.05, 4.69) is 21.6 Å². The summed E-state index contributed by atoms with van der Waals surface area (Å²) in [5, 5.41) is 1.99. The number of pyridine rings is 1. The normalized spacial score (nSPS) is 11.4. The Hall–Kier alpha value is -3.37. The summed E-state index contributed by atoms with van der Waals surface area (Å²) in [5.74, 6) is -2.78. The Balaban J connectivity index is 1.86. The van der Waals surface area contributed by atoms with Gasteiger partial charge in [-0.05, 0) is 30.3 Å². The third kappa shape index (κ3) is 4.23. The molecule has 0 radical (unpaired) electrons. The predicted molar refractivity (Wildman–Crippen MR) is 104 cm³/mol. The van der Waals surface area contributed by atoms with Gasteiger partial charge < -0.3 is 10.3 Å². The second-order valence-electron chi connectivity index (χ2n) is 5.96. The predicted octanol–water partition coefficient (Wildman–Crippen LogP) is 2.52. The van der Waals surface area contributed by atoms with Gasteiger partial charge in [0.2, 0.25) is 15.5 Å². The molecule has 0 bridgehead atoms. The summed E-state index contributed by atoms with van der Waals surface area (Å²) in [6.07, 6.45) is 2.45. The van der Waals surface area contributed by atoms with Crippen molar-refractivity contribution < 1.29 is 22.0 Å². The average molecular weight is 419 g/mol. The number of nitrogens with one attached hydrogen (secondary N) is 3. The van der Waals surface area contributed by atoms with Crippen molar-refractivity contribution in [1.82, 2.24) is 9.71 Å². The fourth-order valence-electron chi connectivity index (χ4n) is 2.60. The SMILES string of the molecule is C=CCNS(=O)(=O)c1ccc(NC(=O)c2c[nH]c3cc(F)cc(F)c3c2=O)cc1. The van der Waals surface area contributed by atoms with E-state index in [1.54, 1.807) is 0 Å². The molecule has 3 N–H and O–H groups in total. The molecule has 0 aliphatic heterocycles. The standard InChI is InChI=1S/C19H15F2N3O4S/c1-2-7-23-29(27,28)13-5-3-12(4-6-13)24-19(26)14-10-22-16-9-11(20)8-15(21)17(16)18(14)25/h2-6,8-10,23H,1,7H2,(H,22,25)(H,24,26).